The second-order valence-electron chi connectivity index (χ2n) is 6.73. The van der Waals surface area contributed by atoms with Gasteiger partial charge < -0.3 is 14.6 Å². The lowest BCUT2D eigenvalue weighted by molar-refractivity contribution is 0.243. The predicted molar refractivity (Wildman–Crippen MR) is 80.5 cm³/mol. The third-order valence-electron chi connectivity index (χ3n) is 4.68. The number of likely N-dealkylation sites (tertiary alicyclic amines) is 1. The highest BCUT2D eigenvalue weighted by atomic mass is 16.3. The van der Waals surface area contributed by atoms with Crippen LogP contribution in [-0.2, 0) is 13.1 Å². The van der Waals surface area contributed by atoms with Gasteiger partial charge >= 0.3 is 0 Å². The summed E-state index contributed by atoms with van der Waals surface area (Å²) >= 11 is 0. The highest BCUT2D eigenvalue weighted by molar-refractivity contribution is 5.17. The van der Waals surface area contributed by atoms with Gasteiger partial charge in [-0.2, -0.15) is 0 Å². The molecule has 2 unspecified atom stereocenters. The Hall–Kier alpha value is -0.840. The van der Waals surface area contributed by atoms with E-state index in [1.807, 2.05) is 6.26 Å². The fourth-order valence-corrected chi connectivity index (χ4v) is 3.26. The van der Waals surface area contributed by atoms with Crippen molar-refractivity contribution in [2.45, 2.75) is 44.9 Å². The number of nitrogens with one attached hydrogen (secondary N) is 1. The Bertz CT molecular complexity index is 439. The van der Waals surface area contributed by atoms with Crippen LogP contribution < -0.4 is 5.32 Å². The molecule has 1 aliphatic heterocycles. The molecule has 0 amide bonds. The van der Waals surface area contributed by atoms with Gasteiger partial charge in [-0.25, -0.2) is 0 Å². The lowest BCUT2D eigenvalue weighted by Crippen LogP contribution is -2.34. The second kappa shape index (κ2) is 5.88. The summed E-state index contributed by atoms with van der Waals surface area (Å²) in [5.41, 5.74) is 1.33. The van der Waals surface area contributed by atoms with E-state index in [0.29, 0.717) is 6.04 Å². The van der Waals surface area contributed by atoms with Crippen LogP contribution in [0, 0.1) is 5.92 Å². The van der Waals surface area contributed by atoms with Crippen LogP contribution in [0.4, 0.5) is 0 Å². The second-order valence-corrected chi connectivity index (χ2v) is 6.73. The van der Waals surface area contributed by atoms with E-state index in [-0.39, 0.29) is 0 Å². The fraction of sp³-hybridized carbons (Fsp3) is 0.750. The van der Waals surface area contributed by atoms with Crippen molar-refractivity contribution in [1.82, 2.24) is 15.1 Å². The molecule has 2 heterocycles. The molecular weight excluding hydrogens is 250 g/mol. The van der Waals surface area contributed by atoms with Gasteiger partial charge in [-0.1, -0.05) is 6.92 Å². The minimum absolute atomic E-state index is 0.665. The number of nitrogens with zero attached hydrogens (tertiary/aromatic N) is 2. The van der Waals surface area contributed by atoms with E-state index in [2.05, 4.69) is 42.2 Å². The molecule has 1 aromatic heterocycles. The first-order chi connectivity index (χ1) is 9.63. The van der Waals surface area contributed by atoms with Crippen LogP contribution in [-0.4, -0.2) is 49.1 Å². The normalized spacial score (nSPS) is 27.6. The summed E-state index contributed by atoms with van der Waals surface area (Å²) in [6.45, 7) is 6.56. The number of furan rings is 1. The van der Waals surface area contributed by atoms with E-state index in [9.17, 15) is 0 Å². The van der Waals surface area contributed by atoms with Gasteiger partial charge in [-0.05, 0) is 38.9 Å². The van der Waals surface area contributed by atoms with Crippen LogP contribution in [0.25, 0.3) is 0 Å². The van der Waals surface area contributed by atoms with Gasteiger partial charge in [0.25, 0.3) is 0 Å². The highest BCUT2D eigenvalue weighted by Gasteiger charge is 2.31. The van der Waals surface area contributed by atoms with Crippen molar-refractivity contribution in [2.75, 3.05) is 27.2 Å². The molecule has 2 aliphatic rings. The van der Waals surface area contributed by atoms with Crippen molar-refractivity contribution in [3.63, 3.8) is 0 Å². The summed E-state index contributed by atoms with van der Waals surface area (Å²) in [5.74, 6) is 1.87. The fourth-order valence-electron chi connectivity index (χ4n) is 3.26. The van der Waals surface area contributed by atoms with E-state index in [1.54, 1.807) is 0 Å². The Balaban J connectivity index is 1.56. The van der Waals surface area contributed by atoms with Crippen LogP contribution in [0.1, 0.15) is 31.1 Å². The standard InChI is InChI=1S/C16H27N3O/c1-12-9-19(10-15(12)18(2)3)11-16-13(6-7-20-16)8-17-14-4-5-14/h6-7,12,14-15,17H,4-5,8-11H2,1-3H3. The molecule has 112 valence electrons. The zero-order valence-electron chi connectivity index (χ0n) is 12.9. The molecule has 0 spiro atoms. The number of hydrogen-bond donors (Lipinski definition) is 1. The minimum Gasteiger partial charge on any atom is -0.468 e. The first-order valence-corrected chi connectivity index (χ1v) is 7.81. The molecule has 2 fully saturated rings. The Labute approximate surface area is 122 Å². The average Bonchev–Trinajstić information content (AvgIpc) is 3.01. The van der Waals surface area contributed by atoms with Crippen LogP contribution in [0.15, 0.2) is 16.7 Å². The van der Waals surface area contributed by atoms with Crippen LogP contribution >= 0.6 is 0 Å². The van der Waals surface area contributed by atoms with Gasteiger partial charge in [0, 0.05) is 37.3 Å². The minimum atomic E-state index is 0.665. The third kappa shape index (κ3) is 3.25. The van der Waals surface area contributed by atoms with Gasteiger partial charge in [-0.3, -0.25) is 4.90 Å². The number of hydrogen-bond acceptors (Lipinski definition) is 4. The molecule has 3 rings (SSSR count). The summed E-state index contributed by atoms with van der Waals surface area (Å²) in [4.78, 5) is 4.87. The van der Waals surface area contributed by atoms with Gasteiger partial charge in [0.05, 0.1) is 12.8 Å². The highest BCUT2D eigenvalue weighted by Crippen LogP contribution is 2.24. The van der Waals surface area contributed by atoms with Crippen molar-refractivity contribution < 1.29 is 4.42 Å². The maximum atomic E-state index is 5.71. The first kappa shape index (κ1) is 14.1. The summed E-state index contributed by atoms with van der Waals surface area (Å²) in [6, 6.07) is 3.54. The molecule has 0 bridgehead atoms. The topological polar surface area (TPSA) is 31.7 Å². The van der Waals surface area contributed by atoms with Crippen LogP contribution in [0.5, 0.6) is 0 Å². The molecule has 1 N–H and O–H groups in total. The zero-order chi connectivity index (χ0) is 14.1. The van der Waals surface area contributed by atoms with Crippen molar-refractivity contribution in [3.8, 4) is 0 Å². The lowest BCUT2D eigenvalue weighted by Gasteiger charge is -2.22. The smallest absolute Gasteiger partial charge is 0.122 e. The Morgan fingerprint density at radius 3 is 2.80 bits per heavy atom. The van der Waals surface area contributed by atoms with Gasteiger partial charge in [-0.15, -0.1) is 0 Å². The van der Waals surface area contributed by atoms with E-state index >= 15 is 0 Å². The van der Waals surface area contributed by atoms with E-state index in [1.165, 1.54) is 24.9 Å². The number of rotatable bonds is 6. The molecule has 4 nitrogen and oxygen atoms in total. The molecule has 0 aromatic carbocycles. The van der Waals surface area contributed by atoms with Crippen molar-refractivity contribution in [2.24, 2.45) is 5.92 Å². The first-order valence-electron chi connectivity index (χ1n) is 7.81. The van der Waals surface area contributed by atoms with Crippen LogP contribution in [0.2, 0.25) is 0 Å². The SMILES string of the molecule is CC1CN(Cc2occc2CNC2CC2)CC1N(C)C. The van der Waals surface area contributed by atoms with E-state index in [4.69, 9.17) is 4.42 Å². The summed E-state index contributed by atoms with van der Waals surface area (Å²) < 4.78 is 5.71. The van der Waals surface area contributed by atoms with E-state index < -0.39 is 0 Å². The van der Waals surface area contributed by atoms with Crippen LogP contribution in [0.3, 0.4) is 0 Å². The number of likely N-dealkylation sites (N-methyl/N-ethyl adjacent to an activating group) is 1. The maximum absolute atomic E-state index is 5.71. The summed E-state index contributed by atoms with van der Waals surface area (Å²) in [7, 11) is 4.37. The molecular formula is C16H27N3O. The third-order valence-corrected chi connectivity index (χ3v) is 4.68. The zero-order valence-corrected chi connectivity index (χ0v) is 12.9. The quantitative estimate of drug-likeness (QED) is 0.861. The maximum Gasteiger partial charge on any atom is 0.122 e. The molecule has 1 saturated carbocycles. The Morgan fingerprint density at radius 1 is 1.35 bits per heavy atom. The monoisotopic (exact) mass is 277 g/mol. The van der Waals surface area contributed by atoms with E-state index in [0.717, 1.165) is 37.4 Å². The van der Waals surface area contributed by atoms with Crippen molar-refractivity contribution in [1.29, 1.82) is 0 Å². The van der Waals surface area contributed by atoms with Gasteiger partial charge in [0.15, 0.2) is 0 Å². The largest absolute Gasteiger partial charge is 0.468 e. The van der Waals surface area contributed by atoms with Crippen molar-refractivity contribution in [3.05, 3.63) is 23.7 Å². The summed E-state index contributed by atoms with van der Waals surface area (Å²) in [5, 5.41) is 3.57. The molecule has 20 heavy (non-hydrogen) atoms. The molecule has 4 heteroatoms. The lowest BCUT2D eigenvalue weighted by atomic mass is 10.1. The van der Waals surface area contributed by atoms with Crippen molar-refractivity contribution >= 4 is 0 Å². The molecule has 0 radical (unpaired) electrons. The Kier molecular flexibility index (Phi) is 4.15. The molecule has 1 saturated heterocycles. The van der Waals surface area contributed by atoms with Gasteiger partial charge in [0.1, 0.15) is 5.76 Å². The predicted octanol–water partition coefficient (Wildman–Crippen LogP) is 1.91. The Morgan fingerprint density at radius 2 is 2.15 bits per heavy atom. The molecule has 1 aromatic rings. The van der Waals surface area contributed by atoms with Gasteiger partial charge in [0.2, 0.25) is 0 Å². The molecule has 2 atom stereocenters. The average molecular weight is 277 g/mol. The molecule has 1 aliphatic carbocycles. The summed E-state index contributed by atoms with van der Waals surface area (Å²) in [6.07, 6.45) is 4.50.